The molecule has 1 aliphatic heterocycles. The van der Waals surface area contributed by atoms with Gasteiger partial charge in [-0.25, -0.2) is 0 Å². The highest BCUT2D eigenvalue weighted by atomic mass is 16.1. The molecule has 0 bridgehead atoms. The number of fused-ring (bicyclic) bond motifs is 1. The number of nitrogens with zero attached hydrogens (tertiary/aromatic N) is 1. The summed E-state index contributed by atoms with van der Waals surface area (Å²) in [7, 11) is 0. The van der Waals surface area contributed by atoms with Gasteiger partial charge in [0.05, 0.1) is 0 Å². The molecule has 1 heterocycles. The number of piperidine rings is 1. The Morgan fingerprint density at radius 3 is 2.58 bits per heavy atom. The van der Waals surface area contributed by atoms with Gasteiger partial charge in [-0.2, -0.15) is 0 Å². The van der Waals surface area contributed by atoms with E-state index in [1.54, 1.807) is 0 Å². The van der Waals surface area contributed by atoms with E-state index >= 15 is 0 Å². The van der Waals surface area contributed by atoms with Crippen molar-refractivity contribution >= 4 is 6.29 Å². The number of carbonyl (C=O) groups excluding carboxylic acids is 1. The van der Waals surface area contributed by atoms with Crippen molar-refractivity contribution in [3.63, 3.8) is 0 Å². The molecule has 108 valence electrons. The van der Waals surface area contributed by atoms with Crippen LogP contribution in [0.5, 0.6) is 0 Å². The third-order valence-corrected chi connectivity index (χ3v) is 6.15. The smallest absolute Gasteiger partial charge is 0.127 e. The second kappa shape index (κ2) is 5.55. The molecule has 0 amide bonds. The molecule has 2 unspecified atom stereocenters. The van der Waals surface area contributed by atoms with Crippen LogP contribution in [0.4, 0.5) is 0 Å². The third-order valence-electron chi connectivity index (χ3n) is 6.15. The summed E-state index contributed by atoms with van der Waals surface area (Å²) < 4.78 is 0. The molecule has 3 rings (SSSR count). The van der Waals surface area contributed by atoms with Crippen molar-refractivity contribution in [2.45, 2.75) is 70.8 Å². The molecule has 2 nitrogen and oxygen atoms in total. The maximum Gasteiger partial charge on any atom is 0.127 e. The van der Waals surface area contributed by atoms with E-state index in [0.29, 0.717) is 0 Å². The number of carbonyl (C=O) groups is 1. The first-order valence-electron chi connectivity index (χ1n) is 8.43. The summed E-state index contributed by atoms with van der Waals surface area (Å²) in [5, 5.41) is 0. The van der Waals surface area contributed by atoms with E-state index in [-0.39, 0.29) is 5.41 Å². The fourth-order valence-corrected chi connectivity index (χ4v) is 4.81. The van der Waals surface area contributed by atoms with Gasteiger partial charge in [0.25, 0.3) is 0 Å². The molecular weight excluding hydrogens is 234 g/mol. The summed E-state index contributed by atoms with van der Waals surface area (Å²) in [5.74, 6) is 1.77. The molecule has 0 spiro atoms. The predicted molar refractivity (Wildman–Crippen MR) is 78.1 cm³/mol. The van der Waals surface area contributed by atoms with Crippen molar-refractivity contribution in [3.8, 4) is 0 Å². The van der Waals surface area contributed by atoms with E-state index in [2.05, 4.69) is 11.8 Å². The Bertz CT molecular complexity index is 319. The molecule has 2 aliphatic carbocycles. The molecule has 3 aliphatic rings. The van der Waals surface area contributed by atoms with Gasteiger partial charge in [-0.05, 0) is 69.7 Å². The van der Waals surface area contributed by atoms with Gasteiger partial charge >= 0.3 is 0 Å². The van der Waals surface area contributed by atoms with E-state index in [4.69, 9.17) is 0 Å². The average molecular weight is 263 g/mol. The Morgan fingerprint density at radius 2 is 1.84 bits per heavy atom. The van der Waals surface area contributed by atoms with Gasteiger partial charge < -0.3 is 4.79 Å². The van der Waals surface area contributed by atoms with Crippen LogP contribution in [0.1, 0.15) is 64.7 Å². The van der Waals surface area contributed by atoms with Gasteiger partial charge in [0, 0.05) is 18.0 Å². The van der Waals surface area contributed by atoms with Crippen LogP contribution in [-0.2, 0) is 4.79 Å². The zero-order valence-electron chi connectivity index (χ0n) is 12.4. The van der Waals surface area contributed by atoms with E-state index in [1.165, 1.54) is 57.8 Å². The molecule has 1 saturated heterocycles. The van der Waals surface area contributed by atoms with Gasteiger partial charge in [-0.15, -0.1) is 0 Å². The lowest BCUT2D eigenvalue weighted by Gasteiger charge is -2.44. The SMILES string of the molecule is CC1CCC(C=O)(CN2CCCC3CCCC32)CC1. The summed E-state index contributed by atoms with van der Waals surface area (Å²) in [4.78, 5) is 14.4. The lowest BCUT2D eigenvalue weighted by molar-refractivity contribution is -0.120. The number of likely N-dealkylation sites (tertiary alicyclic amines) is 1. The monoisotopic (exact) mass is 263 g/mol. The van der Waals surface area contributed by atoms with Crippen molar-refractivity contribution in [1.82, 2.24) is 4.90 Å². The normalized spacial score (nSPS) is 43.9. The van der Waals surface area contributed by atoms with Crippen LogP contribution in [0.25, 0.3) is 0 Å². The third kappa shape index (κ3) is 2.74. The minimum Gasteiger partial charge on any atom is -0.303 e. The number of hydrogen-bond acceptors (Lipinski definition) is 2. The molecule has 19 heavy (non-hydrogen) atoms. The molecule has 2 atom stereocenters. The number of aldehydes is 1. The summed E-state index contributed by atoms with van der Waals surface area (Å²) >= 11 is 0. The highest BCUT2D eigenvalue weighted by Crippen LogP contribution is 2.42. The van der Waals surface area contributed by atoms with E-state index in [0.717, 1.165) is 37.3 Å². The van der Waals surface area contributed by atoms with Crippen molar-refractivity contribution in [1.29, 1.82) is 0 Å². The second-order valence-electron chi connectivity index (χ2n) is 7.53. The van der Waals surface area contributed by atoms with Crippen LogP contribution in [0.2, 0.25) is 0 Å². The molecule has 2 heteroatoms. The Hall–Kier alpha value is -0.370. The summed E-state index contributed by atoms with van der Waals surface area (Å²) in [6, 6.07) is 0.810. The highest BCUT2D eigenvalue weighted by molar-refractivity contribution is 5.60. The first-order valence-corrected chi connectivity index (χ1v) is 8.43. The lowest BCUT2D eigenvalue weighted by atomic mass is 9.71. The fourth-order valence-electron chi connectivity index (χ4n) is 4.81. The molecule has 3 fully saturated rings. The van der Waals surface area contributed by atoms with Crippen molar-refractivity contribution in [2.24, 2.45) is 17.3 Å². The standard InChI is InChI=1S/C17H29NO/c1-14-7-9-17(13-19,10-8-14)12-18-11-3-5-15-4-2-6-16(15)18/h13-16H,2-12H2,1H3. The topological polar surface area (TPSA) is 20.3 Å². The van der Waals surface area contributed by atoms with Crippen LogP contribution in [0, 0.1) is 17.3 Å². The summed E-state index contributed by atoms with van der Waals surface area (Å²) in [6.45, 7) is 4.64. The molecule has 0 aromatic heterocycles. The summed E-state index contributed by atoms with van der Waals surface area (Å²) in [5.41, 5.74) is -0.00299. The highest BCUT2D eigenvalue weighted by Gasteiger charge is 2.41. The Balaban J connectivity index is 1.66. The van der Waals surface area contributed by atoms with Gasteiger partial charge in [0.2, 0.25) is 0 Å². The van der Waals surface area contributed by atoms with Crippen LogP contribution < -0.4 is 0 Å². The Kier molecular flexibility index (Phi) is 3.98. The van der Waals surface area contributed by atoms with Crippen LogP contribution in [0.15, 0.2) is 0 Å². The molecule has 0 aromatic rings. The van der Waals surface area contributed by atoms with Gasteiger partial charge in [0.15, 0.2) is 0 Å². The molecule has 0 radical (unpaired) electrons. The lowest BCUT2D eigenvalue weighted by Crippen LogP contribution is -2.49. The van der Waals surface area contributed by atoms with Crippen LogP contribution in [0.3, 0.4) is 0 Å². The van der Waals surface area contributed by atoms with Gasteiger partial charge in [-0.1, -0.05) is 13.3 Å². The average Bonchev–Trinajstić information content (AvgIpc) is 2.91. The van der Waals surface area contributed by atoms with Crippen LogP contribution >= 0.6 is 0 Å². The second-order valence-corrected chi connectivity index (χ2v) is 7.53. The molecular formula is C17H29NO. The zero-order chi connectivity index (χ0) is 13.3. The molecule has 2 saturated carbocycles. The first kappa shape index (κ1) is 13.6. The Morgan fingerprint density at radius 1 is 1.11 bits per heavy atom. The quantitative estimate of drug-likeness (QED) is 0.724. The van der Waals surface area contributed by atoms with E-state index in [1.807, 2.05) is 0 Å². The van der Waals surface area contributed by atoms with Gasteiger partial charge in [0.1, 0.15) is 6.29 Å². The van der Waals surface area contributed by atoms with Crippen molar-refractivity contribution in [3.05, 3.63) is 0 Å². The van der Waals surface area contributed by atoms with E-state index < -0.39 is 0 Å². The van der Waals surface area contributed by atoms with Crippen molar-refractivity contribution in [2.75, 3.05) is 13.1 Å². The molecule has 0 N–H and O–H groups in total. The maximum absolute atomic E-state index is 11.7. The van der Waals surface area contributed by atoms with Crippen molar-refractivity contribution < 1.29 is 4.79 Å². The predicted octanol–water partition coefficient (Wildman–Crippen LogP) is 3.65. The van der Waals surface area contributed by atoms with E-state index in [9.17, 15) is 4.79 Å². The fraction of sp³-hybridized carbons (Fsp3) is 0.941. The van der Waals surface area contributed by atoms with Gasteiger partial charge in [-0.3, -0.25) is 4.90 Å². The maximum atomic E-state index is 11.7. The Labute approximate surface area is 117 Å². The first-order chi connectivity index (χ1) is 9.22. The minimum absolute atomic E-state index is 0.00299. The summed E-state index contributed by atoms with van der Waals surface area (Å²) in [6.07, 6.45) is 13.1. The zero-order valence-corrected chi connectivity index (χ0v) is 12.4. The minimum atomic E-state index is -0.00299. The largest absolute Gasteiger partial charge is 0.303 e. The number of rotatable bonds is 3. The number of hydrogen-bond donors (Lipinski definition) is 0. The van der Waals surface area contributed by atoms with Crippen LogP contribution in [-0.4, -0.2) is 30.3 Å². The molecule has 0 aromatic carbocycles.